The summed E-state index contributed by atoms with van der Waals surface area (Å²) in [4.78, 5) is 29.6. The number of nitrogens with one attached hydrogen (secondary N) is 2. The minimum absolute atomic E-state index is 0.222. The SMILES string of the molecule is Cc1c(C(=O)Nc2ccc(N=Nc3ccccc3)cc2)oc2c1/C(=N/NC(=O)c1cncc(Br)c1)CCC2. The van der Waals surface area contributed by atoms with Gasteiger partial charge in [-0.3, -0.25) is 14.6 Å². The second-order valence-corrected chi connectivity index (χ2v) is 9.55. The fourth-order valence-corrected chi connectivity index (χ4v) is 4.49. The molecule has 2 aromatic carbocycles. The zero-order chi connectivity index (χ0) is 26.5. The summed E-state index contributed by atoms with van der Waals surface area (Å²) in [5, 5.41) is 15.7. The van der Waals surface area contributed by atoms with Crippen LogP contribution in [0.2, 0.25) is 0 Å². The van der Waals surface area contributed by atoms with Crippen molar-refractivity contribution < 1.29 is 14.0 Å². The van der Waals surface area contributed by atoms with Gasteiger partial charge in [-0.2, -0.15) is 15.3 Å². The molecule has 38 heavy (non-hydrogen) atoms. The maximum absolute atomic E-state index is 13.1. The minimum atomic E-state index is -0.371. The number of anilines is 1. The number of hydrazone groups is 1. The van der Waals surface area contributed by atoms with Crippen LogP contribution in [-0.2, 0) is 6.42 Å². The zero-order valence-corrected chi connectivity index (χ0v) is 22.0. The zero-order valence-electron chi connectivity index (χ0n) is 20.4. The van der Waals surface area contributed by atoms with E-state index in [1.165, 1.54) is 6.20 Å². The van der Waals surface area contributed by atoms with Crippen molar-refractivity contribution >= 4 is 50.5 Å². The molecule has 0 fully saturated rings. The molecule has 2 amide bonds. The number of carbonyl (C=O) groups is 2. The van der Waals surface area contributed by atoms with Gasteiger partial charge in [0.2, 0.25) is 0 Å². The molecule has 10 heteroatoms. The summed E-state index contributed by atoms with van der Waals surface area (Å²) in [6.45, 7) is 1.82. The van der Waals surface area contributed by atoms with E-state index in [1.54, 1.807) is 36.5 Å². The summed E-state index contributed by atoms with van der Waals surface area (Å²) in [6, 6.07) is 18.2. The third-order valence-corrected chi connectivity index (χ3v) is 6.39. The van der Waals surface area contributed by atoms with Crippen LogP contribution in [0.25, 0.3) is 0 Å². The van der Waals surface area contributed by atoms with Crippen molar-refractivity contribution in [2.24, 2.45) is 15.3 Å². The molecule has 0 saturated heterocycles. The maximum Gasteiger partial charge on any atom is 0.291 e. The van der Waals surface area contributed by atoms with Crippen molar-refractivity contribution in [2.45, 2.75) is 26.2 Å². The number of azo groups is 1. The van der Waals surface area contributed by atoms with Gasteiger partial charge in [-0.1, -0.05) is 18.2 Å². The Balaban J connectivity index is 1.29. The first-order valence-electron chi connectivity index (χ1n) is 12.0. The number of hydrogen-bond donors (Lipinski definition) is 2. The summed E-state index contributed by atoms with van der Waals surface area (Å²) in [7, 11) is 0. The van der Waals surface area contributed by atoms with Gasteiger partial charge >= 0.3 is 0 Å². The number of benzene rings is 2. The average Bonchev–Trinajstić information content (AvgIpc) is 3.29. The number of aryl methyl sites for hydroxylation is 1. The third-order valence-electron chi connectivity index (χ3n) is 5.95. The Morgan fingerprint density at radius 3 is 2.42 bits per heavy atom. The van der Waals surface area contributed by atoms with Crippen molar-refractivity contribution in [1.82, 2.24) is 10.4 Å². The monoisotopic (exact) mass is 570 g/mol. The van der Waals surface area contributed by atoms with Crippen LogP contribution in [0.5, 0.6) is 0 Å². The van der Waals surface area contributed by atoms with Crippen molar-refractivity contribution in [3.05, 3.63) is 106 Å². The Kier molecular flexibility index (Phi) is 7.50. The van der Waals surface area contributed by atoms with Gasteiger partial charge in [-0.15, -0.1) is 0 Å². The number of furan rings is 1. The van der Waals surface area contributed by atoms with E-state index < -0.39 is 0 Å². The normalized spacial score (nSPS) is 13.9. The molecule has 0 spiro atoms. The number of rotatable bonds is 6. The van der Waals surface area contributed by atoms with Crippen molar-refractivity contribution in [3.63, 3.8) is 0 Å². The van der Waals surface area contributed by atoms with Gasteiger partial charge in [0.25, 0.3) is 11.8 Å². The molecule has 190 valence electrons. The average molecular weight is 571 g/mol. The molecule has 9 nitrogen and oxygen atoms in total. The number of nitrogens with zero attached hydrogens (tertiary/aromatic N) is 4. The van der Waals surface area contributed by atoms with Crippen LogP contribution in [0, 0.1) is 6.92 Å². The Bertz CT molecular complexity index is 1540. The van der Waals surface area contributed by atoms with Crippen molar-refractivity contribution in [3.8, 4) is 0 Å². The minimum Gasteiger partial charge on any atom is -0.455 e. The molecule has 2 heterocycles. The summed E-state index contributed by atoms with van der Waals surface area (Å²) < 4.78 is 6.66. The van der Waals surface area contributed by atoms with Crippen LogP contribution in [0.15, 0.2) is 97.3 Å². The Morgan fingerprint density at radius 2 is 1.68 bits per heavy atom. The van der Waals surface area contributed by atoms with E-state index in [1.807, 2.05) is 37.3 Å². The Labute approximate surface area is 227 Å². The van der Waals surface area contributed by atoms with Gasteiger partial charge < -0.3 is 9.73 Å². The van der Waals surface area contributed by atoms with E-state index in [2.05, 4.69) is 47.0 Å². The molecule has 0 bridgehead atoms. The molecule has 0 atom stereocenters. The van der Waals surface area contributed by atoms with E-state index in [9.17, 15) is 9.59 Å². The van der Waals surface area contributed by atoms with Crippen LogP contribution < -0.4 is 10.7 Å². The Hall–Kier alpha value is -4.44. The van der Waals surface area contributed by atoms with Crippen LogP contribution in [0.4, 0.5) is 17.1 Å². The second kappa shape index (κ2) is 11.3. The fourth-order valence-electron chi connectivity index (χ4n) is 4.12. The van der Waals surface area contributed by atoms with Gasteiger partial charge in [0, 0.05) is 40.1 Å². The summed E-state index contributed by atoms with van der Waals surface area (Å²) in [5.41, 5.74) is 7.14. The predicted molar refractivity (Wildman–Crippen MR) is 147 cm³/mol. The van der Waals surface area contributed by atoms with E-state index in [0.29, 0.717) is 51.3 Å². The van der Waals surface area contributed by atoms with Crippen LogP contribution in [0.1, 0.15) is 50.6 Å². The first-order chi connectivity index (χ1) is 18.5. The molecule has 5 rings (SSSR count). The molecule has 2 N–H and O–H groups in total. The number of amides is 2. The predicted octanol–water partition coefficient (Wildman–Crippen LogP) is 6.88. The molecule has 0 aliphatic heterocycles. The largest absolute Gasteiger partial charge is 0.455 e. The first-order valence-corrected chi connectivity index (χ1v) is 12.8. The molecule has 0 radical (unpaired) electrons. The number of pyridine rings is 1. The topological polar surface area (TPSA) is 121 Å². The molecule has 1 aliphatic rings. The molecule has 4 aromatic rings. The van der Waals surface area contributed by atoms with Gasteiger partial charge in [0.1, 0.15) is 5.76 Å². The van der Waals surface area contributed by atoms with Gasteiger partial charge in [0.15, 0.2) is 5.76 Å². The van der Waals surface area contributed by atoms with Crippen LogP contribution in [0.3, 0.4) is 0 Å². The Morgan fingerprint density at radius 1 is 0.947 bits per heavy atom. The number of halogens is 1. The molecular weight excluding hydrogens is 548 g/mol. The maximum atomic E-state index is 13.1. The summed E-state index contributed by atoms with van der Waals surface area (Å²) >= 11 is 3.31. The summed E-state index contributed by atoms with van der Waals surface area (Å²) in [5.74, 6) is 0.177. The number of aromatic nitrogens is 1. The van der Waals surface area contributed by atoms with E-state index in [-0.39, 0.29) is 17.6 Å². The number of hydrogen-bond acceptors (Lipinski definition) is 7. The first kappa shape index (κ1) is 25.2. The quantitative estimate of drug-likeness (QED) is 0.193. The highest BCUT2D eigenvalue weighted by Gasteiger charge is 2.28. The highest BCUT2D eigenvalue weighted by molar-refractivity contribution is 9.10. The molecule has 0 unspecified atom stereocenters. The molecular formula is C28H23BrN6O3. The summed E-state index contributed by atoms with van der Waals surface area (Å²) in [6.07, 6.45) is 5.21. The second-order valence-electron chi connectivity index (χ2n) is 8.64. The van der Waals surface area contributed by atoms with Crippen molar-refractivity contribution in [1.29, 1.82) is 0 Å². The van der Waals surface area contributed by atoms with Crippen LogP contribution in [-0.4, -0.2) is 22.5 Å². The highest BCUT2D eigenvalue weighted by atomic mass is 79.9. The molecule has 1 aliphatic carbocycles. The lowest BCUT2D eigenvalue weighted by Crippen LogP contribution is -2.22. The smallest absolute Gasteiger partial charge is 0.291 e. The van der Waals surface area contributed by atoms with Crippen LogP contribution >= 0.6 is 15.9 Å². The number of fused-ring (bicyclic) bond motifs is 1. The van der Waals surface area contributed by atoms with E-state index in [0.717, 1.165) is 17.7 Å². The van der Waals surface area contributed by atoms with Gasteiger partial charge in [-0.25, -0.2) is 5.43 Å². The van der Waals surface area contributed by atoms with Gasteiger partial charge in [0.05, 0.1) is 22.6 Å². The third kappa shape index (κ3) is 5.76. The van der Waals surface area contributed by atoms with E-state index in [4.69, 9.17) is 4.42 Å². The lowest BCUT2D eigenvalue weighted by molar-refractivity contribution is 0.0953. The number of carbonyl (C=O) groups excluding carboxylic acids is 2. The van der Waals surface area contributed by atoms with E-state index >= 15 is 0 Å². The fraction of sp³-hybridized carbons (Fsp3) is 0.143. The molecule has 0 saturated carbocycles. The van der Waals surface area contributed by atoms with Crippen molar-refractivity contribution in [2.75, 3.05) is 5.32 Å². The lowest BCUT2D eigenvalue weighted by Gasteiger charge is -2.13. The highest BCUT2D eigenvalue weighted by Crippen LogP contribution is 2.30. The van der Waals surface area contributed by atoms with Gasteiger partial charge in [-0.05, 0) is 78.2 Å². The lowest BCUT2D eigenvalue weighted by atomic mass is 9.93. The standard InChI is InChI=1S/C28H23BrN6O3/c1-17-25-23(34-35-27(36)18-14-19(29)16-30-15-18)8-5-9-24(25)38-26(17)28(37)31-20-10-12-22(13-11-20)33-32-21-6-3-2-4-7-21/h2-4,6-7,10-16H,5,8-9H2,1H3,(H,31,37)(H,35,36)/b33-32?,34-23+. The molecule has 2 aromatic heterocycles.